The van der Waals surface area contributed by atoms with Crippen LogP contribution < -0.4 is 19.1 Å². The Labute approximate surface area is 301 Å². The average molecular weight is 721 g/mol. The maximum atomic E-state index is 13.7. The molecule has 2 bridgehead atoms. The van der Waals surface area contributed by atoms with Crippen LogP contribution in [-0.2, 0) is 22.4 Å². The molecule has 0 unspecified atom stereocenters. The van der Waals surface area contributed by atoms with Crippen LogP contribution in [-0.4, -0.2) is 69.0 Å². The fourth-order valence-corrected chi connectivity index (χ4v) is 7.02. The second-order valence-electron chi connectivity index (χ2n) is 12.3. The van der Waals surface area contributed by atoms with Gasteiger partial charge in [0.05, 0.1) is 49.2 Å². The molecule has 262 valence electrons. The Kier molecular flexibility index (Phi) is 11.3. The van der Waals surface area contributed by atoms with Crippen molar-refractivity contribution in [1.29, 1.82) is 0 Å². The maximum absolute atomic E-state index is 13.7. The van der Waals surface area contributed by atoms with E-state index in [1.54, 1.807) is 67.7 Å². The number of esters is 1. The Bertz CT molecular complexity index is 1790. The number of piperidine rings is 3. The molecule has 0 spiro atoms. The number of benzene rings is 3. The van der Waals surface area contributed by atoms with E-state index in [0.29, 0.717) is 55.6 Å². The van der Waals surface area contributed by atoms with Crippen LogP contribution in [0.3, 0.4) is 0 Å². The van der Waals surface area contributed by atoms with E-state index in [9.17, 15) is 9.59 Å². The minimum absolute atomic E-state index is 0.147. The molecule has 3 fully saturated rings. The molecule has 2 atom stereocenters. The number of hydrogen-bond acceptors (Lipinski definition) is 9. The predicted octanol–water partition coefficient (Wildman–Crippen LogP) is 7.79. The highest BCUT2D eigenvalue weighted by molar-refractivity contribution is 6.35. The number of rotatable bonds is 12. The maximum Gasteiger partial charge on any atom is 0.414 e. The Balaban J connectivity index is 1.22. The van der Waals surface area contributed by atoms with Gasteiger partial charge in [0.1, 0.15) is 18.0 Å². The lowest BCUT2D eigenvalue weighted by atomic mass is 9.86. The highest BCUT2D eigenvalue weighted by Gasteiger charge is 2.37. The molecule has 3 aromatic carbocycles. The molecule has 1 amide bonds. The van der Waals surface area contributed by atoms with Crippen LogP contribution in [0.4, 0.5) is 10.5 Å². The predicted molar refractivity (Wildman–Crippen MR) is 191 cm³/mol. The summed E-state index contributed by atoms with van der Waals surface area (Å²) in [6.07, 6.45) is 3.90. The minimum atomic E-state index is -0.774. The quantitative estimate of drug-likeness (QED) is 0.136. The smallest absolute Gasteiger partial charge is 0.414 e. The first-order chi connectivity index (χ1) is 24.3. The third-order valence-electron chi connectivity index (χ3n) is 9.33. The Morgan fingerprint density at radius 2 is 1.62 bits per heavy atom. The molecule has 0 radical (unpaired) electrons. The van der Waals surface area contributed by atoms with Crippen molar-refractivity contribution >= 4 is 41.0 Å². The monoisotopic (exact) mass is 719 g/mol. The van der Waals surface area contributed by atoms with Crippen molar-refractivity contribution in [1.82, 2.24) is 9.88 Å². The highest BCUT2D eigenvalue weighted by Crippen LogP contribution is 2.36. The van der Waals surface area contributed by atoms with Crippen LogP contribution in [0, 0.1) is 5.92 Å². The third kappa shape index (κ3) is 8.09. The summed E-state index contributed by atoms with van der Waals surface area (Å²) in [6.45, 7) is 3.07. The molecule has 3 aliphatic heterocycles. The lowest BCUT2D eigenvalue weighted by Crippen LogP contribution is -2.53. The van der Waals surface area contributed by atoms with Crippen LogP contribution in [0.1, 0.15) is 46.0 Å². The molecule has 4 aromatic rings. The van der Waals surface area contributed by atoms with Crippen molar-refractivity contribution in [2.75, 3.05) is 45.9 Å². The van der Waals surface area contributed by atoms with Crippen molar-refractivity contribution in [3.05, 3.63) is 111 Å². The molecule has 7 rings (SSSR count). The topological polar surface area (TPSA) is 99.7 Å². The zero-order valence-electron chi connectivity index (χ0n) is 28.1. The van der Waals surface area contributed by atoms with Gasteiger partial charge >= 0.3 is 12.1 Å². The Morgan fingerprint density at radius 1 is 0.900 bits per heavy atom. The number of anilines is 1. The summed E-state index contributed by atoms with van der Waals surface area (Å²) < 4.78 is 28.6. The summed E-state index contributed by atoms with van der Waals surface area (Å²) in [5.41, 5.74) is 3.02. The van der Waals surface area contributed by atoms with Gasteiger partial charge < -0.3 is 23.7 Å². The van der Waals surface area contributed by atoms with E-state index in [1.165, 1.54) is 19.5 Å². The lowest BCUT2D eigenvalue weighted by molar-refractivity contribution is -0.0311. The molecule has 0 aliphatic carbocycles. The van der Waals surface area contributed by atoms with Crippen LogP contribution in [0.2, 0.25) is 10.0 Å². The van der Waals surface area contributed by atoms with Gasteiger partial charge in [0.25, 0.3) is 0 Å². The van der Waals surface area contributed by atoms with Crippen molar-refractivity contribution in [3.8, 4) is 17.2 Å². The Hall–Kier alpha value is -4.51. The van der Waals surface area contributed by atoms with Gasteiger partial charge in [-0.1, -0.05) is 47.5 Å². The number of pyridine rings is 1. The third-order valence-corrected chi connectivity index (χ3v) is 9.99. The summed E-state index contributed by atoms with van der Waals surface area (Å²) in [6, 6.07) is 19.6. The van der Waals surface area contributed by atoms with Gasteiger partial charge in [-0.2, -0.15) is 0 Å². The standard InChI is InChI=1S/C38H39Cl2N3O7/c1-46-29-6-4-5-28(18-29)43(38(45)50-36-23-42-15-13-25(36)14-16-42)22-24-7-9-26(10-8-24)37(44)49-34(19-30-31(39)20-41-21-32(30)40)27-11-12-33(47-2)35(17-27)48-3/h4-12,17-18,20-21,25,34,36H,13-16,19,22-23H2,1-3H3/t34-,36-/m0/s1. The van der Waals surface area contributed by atoms with Gasteiger partial charge in [-0.25, -0.2) is 9.59 Å². The fourth-order valence-electron chi connectivity index (χ4n) is 6.50. The number of hydrogen-bond donors (Lipinski definition) is 0. The second kappa shape index (κ2) is 16.0. The SMILES string of the molecule is COc1cccc(N(Cc2ccc(C(=O)O[C@@H](Cc3c(Cl)cncc3Cl)c3ccc(OC)c(OC)c3)cc2)C(=O)O[C@H]2CN3CCC2CC3)c1. The average Bonchev–Trinajstić information content (AvgIpc) is 3.15. The van der Waals surface area contributed by atoms with Crippen LogP contribution >= 0.6 is 23.2 Å². The first-order valence-electron chi connectivity index (χ1n) is 16.4. The number of ether oxygens (including phenoxy) is 5. The molecule has 10 nitrogen and oxygen atoms in total. The zero-order chi connectivity index (χ0) is 35.2. The normalized spacial score (nSPS) is 18.5. The van der Waals surface area contributed by atoms with E-state index in [0.717, 1.165) is 38.0 Å². The summed E-state index contributed by atoms with van der Waals surface area (Å²) in [5, 5.41) is 0.715. The van der Waals surface area contributed by atoms with Gasteiger partial charge in [0, 0.05) is 31.4 Å². The largest absolute Gasteiger partial charge is 0.497 e. The molecule has 3 aliphatic rings. The molecule has 0 saturated carbocycles. The second-order valence-corrected chi connectivity index (χ2v) is 13.2. The van der Waals surface area contributed by atoms with E-state index in [4.69, 9.17) is 46.9 Å². The number of methoxy groups -OCH3 is 3. The van der Waals surface area contributed by atoms with Crippen molar-refractivity contribution in [2.24, 2.45) is 5.92 Å². The van der Waals surface area contributed by atoms with E-state index < -0.39 is 18.2 Å². The number of nitrogens with zero attached hydrogens (tertiary/aromatic N) is 3. The first kappa shape index (κ1) is 35.3. The molecule has 1 aromatic heterocycles. The molecule has 3 saturated heterocycles. The number of halogens is 2. The Morgan fingerprint density at radius 3 is 2.26 bits per heavy atom. The van der Waals surface area contributed by atoms with Crippen LogP contribution in [0.15, 0.2) is 79.1 Å². The number of amides is 1. The van der Waals surface area contributed by atoms with E-state index >= 15 is 0 Å². The van der Waals surface area contributed by atoms with E-state index in [1.807, 2.05) is 18.2 Å². The minimum Gasteiger partial charge on any atom is -0.497 e. The number of aromatic nitrogens is 1. The number of carbonyl (C=O) groups excluding carboxylic acids is 2. The van der Waals surface area contributed by atoms with Crippen molar-refractivity contribution < 1.29 is 33.3 Å². The van der Waals surface area contributed by atoms with Gasteiger partial charge in [-0.15, -0.1) is 0 Å². The van der Waals surface area contributed by atoms with Gasteiger partial charge in [-0.05, 0) is 84.9 Å². The van der Waals surface area contributed by atoms with Gasteiger partial charge in [-0.3, -0.25) is 14.8 Å². The highest BCUT2D eigenvalue weighted by atomic mass is 35.5. The molecular weight excluding hydrogens is 681 g/mol. The molecule has 0 N–H and O–H groups in total. The summed E-state index contributed by atoms with van der Waals surface area (Å²) >= 11 is 12.9. The van der Waals surface area contributed by atoms with E-state index in [2.05, 4.69) is 9.88 Å². The number of fused-ring (bicyclic) bond motifs is 3. The van der Waals surface area contributed by atoms with Gasteiger partial charge in [0.2, 0.25) is 0 Å². The summed E-state index contributed by atoms with van der Waals surface area (Å²) in [7, 11) is 4.67. The van der Waals surface area contributed by atoms with Crippen molar-refractivity contribution in [3.63, 3.8) is 0 Å². The lowest BCUT2D eigenvalue weighted by Gasteiger charge is -2.44. The molecular formula is C38H39Cl2N3O7. The summed E-state index contributed by atoms with van der Waals surface area (Å²) in [4.78, 5) is 35.4. The summed E-state index contributed by atoms with van der Waals surface area (Å²) in [5.74, 6) is 1.46. The van der Waals surface area contributed by atoms with Crippen molar-refractivity contribution in [2.45, 2.75) is 38.0 Å². The zero-order valence-corrected chi connectivity index (χ0v) is 29.7. The number of carbonyl (C=O) groups is 2. The van der Waals surface area contributed by atoms with Crippen LogP contribution in [0.5, 0.6) is 17.2 Å². The van der Waals surface area contributed by atoms with E-state index in [-0.39, 0.29) is 19.1 Å². The first-order valence-corrected chi connectivity index (χ1v) is 17.2. The molecule has 50 heavy (non-hydrogen) atoms. The molecule has 4 heterocycles. The molecule has 12 heteroatoms. The van der Waals surface area contributed by atoms with Gasteiger partial charge in [0.15, 0.2) is 11.5 Å². The van der Waals surface area contributed by atoms with Crippen LogP contribution in [0.25, 0.3) is 0 Å². The fraction of sp³-hybridized carbons (Fsp3) is 0.342.